The minimum atomic E-state index is -1.00. The first kappa shape index (κ1) is 43.2. The fraction of sp³-hybridized carbons (Fsp3) is 0.559. The molecule has 6 N–H and O–H groups in total. The van der Waals surface area contributed by atoms with Crippen LogP contribution in [0.4, 0.5) is 10.5 Å². The molecule has 2 unspecified atom stereocenters. The maximum atomic E-state index is 13.3. The number of nitrogens with two attached hydrogens (primary N) is 1. The van der Waals surface area contributed by atoms with Crippen molar-refractivity contribution >= 4 is 47.6 Å². The van der Waals surface area contributed by atoms with Gasteiger partial charge in [0.2, 0.25) is 23.6 Å². The average Bonchev–Trinajstić information content (AvgIpc) is 3.07. The number of carbonyl (C=O) groups excluding carboxylic acids is 7. The van der Waals surface area contributed by atoms with E-state index in [1.807, 2.05) is 0 Å². The fourth-order valence-electron chi connectivity index (χ4n) is 4.11. The predicted octanol–water partition coefficient (Wildman–Crippen LogP) is 1.04. The number of nitrogens with one attached hydrogen (secondary N) is 4. The Labute approximate surface area is 293 Å². The maximum Gasteiger partial charge on any atom is 0.312 e. The number of esters is 1. The third-order valence-electron chi connectivity index (χ3n) is 7.05. The lowest BCUT2D eigenvalue weighted by atomic mass is 10.0. The number of hydrogen-bond donors (Lipinski definition) is 5. The topological polar surface area (TPSA) is 225 Å². The number of ether oxygens (including phenoxy) is 3. The van der Waals surface area contributed by atoms with Crippen molar-refractivity contribution in [2.45, 2.75) is 65.6 Å². The number of allylic oxidation sites excluding steroid dienone is 1. The van der Waals surface area contributed by atoms with E-state index in [0.29, 0.717) is 24.9 Å². The zero-order chi connectivity index (χ0) is 37.5. The number of nitrogens with zero attached hydrogens (tertiary/aromatic N) is 1. The van der Waals surface area contributed by atoms with Crippen molar-refractivity contribution in [3.8, 4) is 0 Å². The minimum Gasteiger partial charge on any atom is -0.461 e. The van der Waals surface area contributed by atoms with Gasteiger partial charge in [-0.1, -0.05) is 39.8 Å². The Morgan fingerprint density at radius 3 is 2.16 bits per heavy atom. The molecular formula is C34H52N6O10. The van der Waals surface area contributed by atoms with Crippen molar-refractivity contribution in [2.24, 2.45) is 17.6 Å². The Hall–Kier alpha value is -4.83. The highest BCUT2D eigenvalue weighted by Crippen LogP contribution is 2.13. The molecule has 1 rings (SSSR count). The number of primary amides is 1. The Morgan fingerprint density at radius 2 is 1.56 bits per heavy atom. The van der Waals surface area contributed by atoms with Gasteiger partial charge in [0, 0.05) is 38.3 Å². The van der Waals surface area contributed by atoms with Gasteiger partial charge in [0.05, 0.1) is 32.3 Å². The van der Waals surface area contributed by atoms with Crippen LogP contribution in [0.25, 0.3) is 0 Å². The largest absolute Gasteiger partial charge is 0.461 e. The molecule has 2 atom stereocenters. The van der Waals surface area contributed by atoms with E-state index < -0.39 is 35.8 Å². The lowest BCUT2D eigenvalue weighted by molar-refractivity contribution is -0.148. The quantitative estimate of drug-likeness (QED) is 0.0445. The van der Waals surface area contributed by atoms with Gasteiger partial charge >= 0.3 is 12.0 Å². The predicted molar refractivity (Wildman–Crippen MR) is 184 cm³/mol. The van der Waals surface area contributed by atoms with E-state index in [-0.39, 0.29) is 76.1 Å². The fourth-order valence-corrected chi connectivity index (χ4v) is 4.11. The van der Waals surface area contributed by atoms with Gasteiger partial charge in [-0.15, -0.1) is 0 Å². The molecule has 0 radical (unpaired) electrons. The van der Waals surface area contributed by atoms with E-state index in [2.05, 4.69) is 21.3 Å². The van der Waals surface area contributed by atoms with Crippen LogP contribution in [-0.4, -0.2) is 105 Å². The minimum absolute atomic E-state index is 0.0217. The number of likely N-dealkylation sites (N-methyl/N-ethyl adjacent to an activating group) is 1. The normalized spacial score (nSPS) is 12.2. The van der Waals surface area contributed by atoms with Crippen LogP contribution in [0.5, 0.6) is 0 Å². The Balaban J connectivity index is 2.66. The molecular weight excluding hydrogens is 652 g/mol. The van der Waals surface area contributed by atoms with Gasteiger partial charge in [-0.05, 0) is 42.5 Å². The molecule has 278 valence electrons. The highest BCUT2D eigenvalue weighted by molar-refractivity contribution is 5.98. The summed E-state index contributed by atoms with van der Waals surface area (Å²) in [6, 6.07) is 4.04. The molecule has 0 bridgehead atoms. The van der Waals surface area contributed by atoms with Gasteiger partial charge in [-0.2, -0.15) is 0 Å². The summed E-state index contributed by atoms with van der Waals surface area (Å²) in [6.45, 7) is 8.37. The molecule has 6 amide bonds. The van der Waals surface area contributed by atoms with Gasteiger partial charge < -0.3 is 46.1 Å². The summed E-state index contributed by atoms with van der Waals surface area (Å²) < 4.78 is 16.1. The molecule has 1 aromatic carbocycles. The number of carbonyl (C=O) groups is 7. The molecule has 0 aliphatic carbocycles. The smallest absolute Gasteiger partial charge is 0.312 e. The van der Waals surface area contributed by atoms with E-state index in [9.17, 15) is 33.6 Å². The second-order valence-electron chi connectivity index (χ2n) is 12.0. The Kier molecular flexibility index (Phi) is 21.0. The van der Waals surface area contributed by atoms with Crippen molar-refractivity contribution in [1.29, 1.82) is 0 Å². The van der Waals surface area contributed by atoms with Crippen molar-refractivity contribution < 1.29 is 47.8 Å². The number of rotatable bonds is 24. The monoisotopic (exact) mass is 704 g/mol. The second-order valence-corrected chi connectivity index (χ2v) is 12.0. The summed E-state index contributed by atoms with van der Waals surface area (Å²) in [6.07, 6.45) is 3.27. The molecule has 16 heteroatoms. The summed E-state index contributed by atoms with van der Waals surface area (Å²) in [5.74, 6) is -2.70. The molecule has 16 nitrogen and oxygen atoms in total. The zero-order valence-electron chi connectivity index (χ0n) is 29.5. The van der Waals surface area contributed by atoms with Crippen LogP contribution < -0.4 is 27.0 Å². The van der Waals surface area contributed by atoms with Crippen molar-refractivity contribution in [1.82, 2.24) is 20.9 Å². The van der Waals surface area contributed by atoms with Crippen LogP contribution in [0.2, 0.25) is 0 Å². The first-order valence-corrected chi connectivity index (χ1v) is 16.5. The van der Waals surface area contributed by atoms with Gasteiger partial charge in [0.25, 0.3) is 0 Å². The molecule has 0 saturated carbocycles. The van der Waals surface area contributed by atoms with Gasteiger partial charge in [-0.3, -0.25) is 28.8 Å². The summed E-state index contributed by atoms with van der Waals surface area (Å²) in [7, 11) is 1.58. The standard InChI is InChI=1S/C34H52N6O10/c1-23(2)30(39-28(42)14-18-48-20-21-49-19-16-40(5)29(43)9-7-17-41)32(45)38-27(8-6-15-36-34(35)47)31(44)37-26-12-10-25(11-13-26)22-50-33(46)24(3)4/h7,9-13,17,23-24,27,30H,6,8,14-16,18-22H2,1-5H3,(H,37,44)(H,38,45)(H,39,42)(H3,35,36,47)/b9-7-. The lowest BCUT2D eigenvalue weighted by Gasteiger charge is -2.25. The van der Waals surface area contributed by atoms with Crippen LogP contribution >= 0.6 is 0 Å². The highest BCUT2D eigenvalue weighted by atomic mass is 16.5. The summed E-state index contributed by atoms with van der Waals surface area (Å²) in [4.78, 5) is 85.5. The van der Waals surface area contributed by atoms with Crippen LogP contribution in [0, 0.1) is 11.8 Å². The summed E-state index contributed by atoms with van der Waals surface area (Å²) >= 11 is 0. The molecule has 50 heavy (non-hydrogen) atoms. The Morgan fingerprint density at radius 1 is 0.900 bits per heavy atom. The first-order valence-electron chi connectivity index (χ1n) is 16.5. The number of urea groups is 1. The van der Waals surface area contributed by atoms with Gasteiger partial charge in [-0.25, -0.2) is 4.79 Å². The molecule has 0 aliphatic rings. The summed E-state index contributed by atoms with van der Waals surface area (Å²) in [5, 5.41) is 10.7. The van der Waals surface area contributed by atoms with Crippen LogP contribution in [0.1, 0.15) is 52.5 Å². The maximum absolute atomic E-state index is 13.3. The molecule has 0 fully saturated rings. The molecule has 1 aromatic rings. The van der Waals surface area contributed by atoms with E-state index in [1.165, 1.54) is 4.90 Å². The van der Waals surface area contributed by atoms with Crippen molar-refractivity contribution in [2.75, 3.05) is 51.9 Å². The molecule has 0 heterocycles. The third-order valence-corrected chi connectivity index (χ3v) is 7.05. The Bertz CT molecular complexity index is 1290. The van der Waals surface area contributed by atoms with E-state index in [0.717, 1.165) is 17.7 Å². The molecule has 0 spiro atoms. The van der Waals surface area contributed by atoms with Gasteiger partial charge in [0.15, 0.2) is 0 Å². The number of amides is 6. The SMILES string of the molecule is CC(C)C(=O)OCc1ccc(NC(=O)C(CCCNC(N)=O)NC(=O)C(NC(=O)CCOCCOCCN(C)C(=O)/C=C\C=O)C(C)C)cc1. The average molecular weight is 705 g/mol. The third kappa shape index (κ3) is 18.6. The van der Waals surface area contributed by atoms with Crippen LogP contribution in [0.3, 0.4) is 0 Å². The molecule has 0 saturated heterocycles. The van der Waals surface area contributed by atoms with E-state index >= 15 is 0 Å². The van der Waals surface area contributed by atoms with Crippen LogP contribution in [0.15, 0.2) is 36.4 Å². The molecule has 0 aliphatic heterocycles. The number of hydrogen-bond acceptors (Lipinski definition) is 10. The number of benzene rings is 1. The summed E-state index contributed by atoms with van der Waals surface area (Å²) in [5.41, 5.74) is 6.32. The van der Waals surface area contributed by atoms with Crippen LogP contribution in [-0.2, 0) is 49.6 Å². The molecule has 0 aromatic heterocycles. The van der Waals surface area contributed by atoms with E-state index in [4.69, 9.17) is 19.9 Å². The highest BCUT2D eigenvalue weighted by Gasteiger charge is 2.29. The van der Waals surface area contributed by atoms with Crippen molar-refractivity contribution in [3.63, 3.8) is 0 Å². The lowest BCUT2D eigenvalue weighted by Crippen LogP contribution is -2.54. The number of aldehydes is 1. The first-order chi connectivity index (χ1) is 23.7. The second kappa shape index (κ2) is 24.3. The number of anilines is 1. The zero-order valence-corrected chi connectivity index (χ0v) is 29.5. The van der Waals surface area contributed by atoms with E-state index in [1.54, 1.807) is 59.0 Å². The van der Waals surface area contributed by atoms with Gasteiger partial charge in [0.1, 0.15) is 25.0 Å². The van der Waals surface area contributed by atoms with Crippen molar-refractivity contribution in [3.05, 3.63) is 42.0 Å².